The minimum atomic E-state index is -0.863. The van der Waals surface area contributed by atoms with E-state index < -0.39 is 6.17 Å². The zero-order valence-corrected chi connectivity index (χ0v) is 15.3. The van der Waals surface area contributed by atoms with Crippen LogP contribution < -0.4 is 5.32 Å². The molecule has 1 saturated carbocycles. The van der Waals surface area contributed by atoms with Crippen molar-refractivity contribution in [2.45, 2.75) is 64.4 Å². The molecule has 1 rings (SSSR count). The maximum Gasteiger partial charge on any atom is 0.160 e. The van der Waals surface area contributed by atoms with E-state index in [0.717, 1.165) is 17.7 Å². The van der Waals surface area contributed by atoms with E-state index in [0.29, 0.717) is 11.2 Å². The van der Waals surface area contributed by atoms with Crippen molar-refractivity contribution in [3.63, 3.8) is 0 Å². The van der Waals surface area contributed by atoms with Gasteiger partial charge in [-0.05, 0) is 37.7 Å². The first-order valence-electron chi connectivity index (χ1n) is 8.05. The maximum absolute atomic E-state index is 13.4. The predicted octanol–water partition coefficient (Wildman–Crippen LogP) is 4.53. The lowest BCUT2D eigenvalue weighted by Gasteiger charge is -2.27. The van der Waals surface area contributed by atoms with Crippen molar-refractivity contribution in [1.82, 2.24) is 10.2 Å². The summed E-state index contributed by atoms with van der Waals surface area (Å²) in [4.78, 5) is 1.85. The summed E-state index contributed by atoms with van der Waals surface area (Å²) in [5.74, 6) is -0.0786. The molecular formula is C17H30FN3S. The summed E-state index contributed by atoms with van der Waals surface area (Å²) in [5, 5.41) is 12.2. The van der Waals surface area contributed by atoms with Crippen LogP contribution in [0.3, 0.4) is 0 Å². The molecule has 1 aliphatic carbocycles. The predicted molar refractivity (Wildman–Crippen MR) is 95.9 cm³/mol. The molecule has 0 heterocycles. The lowest BCUT2D eigenvalue weighted by Crippen LogP contribution is -2.29. The van der Waals surface area contributed by atoms with Gasteiger partial charge in [-0.1, -0.05) is 39.1 Å². The van der Waals surface area contributed by atoms with Gasteiger partial charge < -0.3 is 10.2 Å². The molecule has 0 aromatic heterocycles. The second-order valence-corrected chi connectivity index (χ2v) is 7.52. The fourth-order valence-corrected chi connectivity index (χ4v) is 2.95. The maximum atomic E-state index is 13.4. The highest BCUT2D eigenvalue weighted by atomic mass is 32.2. The third kappa shape index (κ3) is 5.67. The Bertz CT molecular complexity index is 430. The standard InChI is InChI=1S/C17H30FN3S/c1-7-11(2)16(10-20-15-8-9-15)21(6)17(19)22-14(5)12(3)13(4)18/h10,12-15,19-20H,2,7-9H2,1,3-6H3/b16-10+,19-17?/t12-,13?,14+/m0/s1. The first-order chi connectivity index (χ1) is 10.3. The number of halogens is 1. The van der Waals surface area contributed by atoms with Crippen LogP contribution >= 0.6 is 11.8 Å². The van der Waals surface area contributed by atoms with E-state index in [1.54, 1.807) is 6.92 Å². The van der Waals surface area contributed by atoms with Gasteiger partial charge in [0.2, 0.25) is 0 Å². The minimum Gasteiger partial charge on any atom is -0.386 e. The second-order valence-electron chi connectivity index (χ2n) is 6.15. The fraction of sp³-hybridized carbons (Fsp3) is 0.706. The summed E-state index contributed by atoms with van der Waals surface area (Å²) >= 11 is 1.41. The van der Waals surface area contributed by atoms with E-state index in [1.165, 1.54) is 24.6 Å². The summed E-state index contributed by atoms with van der Waals surface area (Å²) in [6.45, 7) is 11.6. The van der Waals surface area contributed by atoms with Crippen molar-refractivity contribution in [3.05, 3.63) is 24.0 Å². The van der Waals surface area contributed by atoms with E-state index in [9.17, 15) is 4.39 Å². The SMILES string of the molecule is C=C(CC)/C(=C\NC1CC1)N(C)C(=N)S[C@H](C)[C@@H](C)C(C)F. The van der Waals surface area contributed by atoms with Gasteiger partial charge in [-0.25, -0.2) is 4.39 Å². The summed E-state index contributed by atoms with van der Waals surface area (Å²) in [6, 6.07) is 0.571. The number of thioether (sulfide) groups is 1. The molecule has 0 aromatic rings. The molecule has 22 heavy (non-hydrogen) atoms. The molecule has 0 radical (unpaired) electrons. The Morgan fingerprint density at radius 3 is 2.50 bits per heavy atom. The molecule has 0 aromatic carbocycles. The van der Waals surface area contributed by atoms with E-state index in [4.69, 9.17) is 5.41 Å². The Labute approximate surface area is 138 Å². The fourth-order valence-electron chi connectivity index (χ4n) is 1.91. The zero-order chi connectivity index (χ0) is 16.9. The molecule has 2 N–H and O–H groups in total. The monoisotopic (exact) mass is 327 g/mol. The molecule has 3 nitrogen and oxygen atoms in total. The van der Waals surface area contributed by atoms with Gasteiger partial charge in [0.25, 0.3) is 0 Å². The van der Waals surface area contributed by atoms with Crippen molar-refractivity contribution in [1.29, 1.82) is 5.41 Å². The summed E-state index contributed by atoms with van der Waals surface area (Å²) in [6.07, 6.45) is 4.37. The Kier molecular flexibility index (Phi) is 7.46. The molecule has 0 aliphatic heterocycles. The Morgan fingerprint density at radius 1 is 1.45 bits per heavy atom. The molecule has 1 fully saturated rings. The number of nitrogens with one attached hydrogen (secondary N) is 2. The van der Waals surface area contributed by atoms with Crippen LogP contribution in [0.1, 0.15) is 47.0 Å². The summed E-state index contributed by atoms with van der Waals surface area (Å²) in [7, 11) is 1.88. The van der Waals surface area contributed by atoms with Crippen LogP contribution in [-0.2, 0) is 0 Å². The van der Waals surface area contributed by atoms with Crippen LogP contribution in [0.4, 0.5) is 4.39 Å². The number of likely N-dealkylation sites (N-methyl/N-ethyl adjacent to an activating group) is 1. The van der Waals surface area contributed by atoms with Gasteiger partial charge in [-0.2, -0.15) is 0 Å². The number of amidine groups is 1. The molecule has 0 spiro atoms. The summed E-state index contributed by atoms with van der Waals surface area (Å²) in [5.41, 5.74) is 1.95. The molecule has 0 amide bonds. The molecule has 1 unspecified atom stereocenters. The smallest absolute Gasteiger partial charge is 0.160 e. The Hall–Kier alpha value is -0.970. The second kappa shape index (κ2) is 8.61. The van der Waals surface area contributed by atoms with Crippen molar-refractivity contribution in [2.24, 2.45) is 5.92 Å². The lowest BCUT2D eigenvalue weighted by molar-refractivity contribution is 0.264. The van der Waals surface area contributed by atoms with E-state index in [1.807, 2.05) is 32.0 Å². The number of hydrogen-bond donors (Lipinski definition) is 2. The van der Waals surface area contributed by atoms with Crippen LogP contribution in [0.15, 0.2) is 24.0 Å². The van der Waals surface area contributed by atoms with Gasteiger partial charge in [0, 0.05) is 24.5 Å². The third-order valence-electron chi connectivity index (χ3n) is 4.25. The van der Waals surface area contributed by atoms with Gasteiger partial charge >= 0.3 is 0 Å². The lowest BCUT2D eigenvalue weighted by atomic mass is 10.0. The van der Waals surface area contributed by atoms with Crippen LogP contribution in [0, 0.1) is 11.3 Å². The Balaban J connectivity index is 2.70. The van der Waals surface area contributed by atoms with E-state index in [2.05, 4.69) is 18.8 Å². The van der Waals surface area contributed by atoms with Crippen molar-refractivity contribution in [2.75, 3.05) is 7.05 Å². The van der Waals surface area contributed by atoms with Crippen molar-refractivity contribution in [3.8, 4) is 0 Å². The van der Waals surface area contributed by atoms with Gasteiger partial charge in [-0.3, -0.25) is 5.41 Å². The normalized spacial score (nSPS) is 19.3. The highest BCUT2D eigenvalue weighted by molar-refractivity contribution is 8.14. The molecule has 5 heteroatoms. The molecule has 0 bridgehead atoms. The van der Waals surface area contributed by atoms with Crippen LogP contribution in [0.2, 0.25) is 0 Å². The first kappa shape index (κ1) is 19.1. The molecule has 3 atom stereocenters. The third-order valence-corrected chi connectivity index (χ3v) is 5.55. The van der Waals surface area contributed by atoms with Gasteiger partial charge in [0.1, 0.15) is 6.17 Å². The summed E-state index contributed by atoms with van der Waals surface area (Å²) < 4.78 is 13.4. The number of alkyl halides is 1. The molecular weight excluding hydrogens is 297 g/mol. The molecule has 0 saturated heterocycles. The molecule has 1 aliphatic rings. The van der Waals surface area contributed by atoms with E-state index in [-0.39, 0.29) is 11.2 Å². The number of nitrogens with zero attached hydrogens (tertiary/aromatic N) is 1. The highest BCUT2D eigenvalue weighted by Gasteiger charge is 2.24. The van der Waals surface area contributed by atoms with Crippen LogP contribution in [0.25, 0.3) is 0 Å². The van der Waals surface area contributed by atoms with Crippen molar-refractivity contribution < 1.29 is 4.39 Å². The first-order valence-corrected chi connectivity index (χ1v) is 8.93. The quantitative estimate of drug-likeness (QED) is 0.391. The van der Waals surface area contributed by atoms with Gasteiger partial charge in [0.05, 0.1) is 5.70 Å². The Morgan fingerprint density at radius 2 is 2.05 bits per heavy atom. The minimum absolute atomic E-state index is 0.0579. The number of allylic oxidation sites excluding steroid dienone is 1. The average molecular weight is 328 g/mol. The van der Waals surface area contributed by atoms with Crippen LogP contribution in [0.5, 0.6) is 0 Å². The largest absolute Gasteiger partial charge is 0.386 e. The molecule has 126 valence electrons. The van der Waals surface area contributed by atoms with Gasteiger partial charge in [0.15, 0.2) is 5.17 Å². The number of hydrogen-bond acceptors (Lipinski definition) is 3. The average Bonchev–Trinajstić information content (AvgIpc) is 3.29. The topological polar surface area (TPSA) is 39.1 Å². The number of rotatable bonds is 8. The zero-order valence-electron chi connectivity index (χ0n) is 14.4. The van der Waals surface area contributed by atoms with Crippen molar-refractivity contribution >= 4 is 16.9 Å². The van der Waals surface area contributed by atoms with Crippen LogP contribution in [-0.4, -0.2) is 34.6 Å². The van der Waals surface area contributed by atoms with Gasteiger partial charge in [-0.15, -0.1) is 0 Å². The van der Waals surface area contributed by atoms with E-state index >= 15 is 0 Å². The highest BCUT2D eigenvalue weighted by Crippen LogP contribution is 2.28.